The highest BCUT2D eigenvalue weighted by Crippen LogP contribution is 2.36. The highest BCUT2D eigenvalue weighted by molar-refractivity contribution is 5.74. The Morgan fingerprint density at radius 3 is 2.47 bits per heavy atom. The number of nitro benzene ring substituents is 1. The van der Waals surface area contributed by atoms with Gasteiger partial charge >= 0.3 is 11.7 Å². The highest BCUT2D eigenvalue weighted by atomic mass is 16.6. The fraction of sp³-hybridized carbons (Fsp3) is 0.194. The normalized spacial score (nSPS) is 11.8. The van der Waals surface area contributed by atoms with Gasteiger partial charge in [0.05, 0.1) is 11.5 Å². The molecule has 0 radical (unpaired) electrons. The summed E-state index contributed by atoms with van der Waals surface area (Å²) in [6.07, 6.45) is 0. The first-order valence-corrected chi connectivity index (χ1v) is 13.3. The molecule has 12 heteroatoms. The fourth-order valence-electron chi connectivity index (χ4n) is 4.59. The summed E-state index contributed by atoms with van der Waals surface area (Å²) >= 11 is 0. The van der Waals surface area contributed by atoms with E-state index in [1.807, 2.05) is 55.5 Å². The van der Waals surface area contributed by atoms with Crippen molar-refractivity contribution in [3.05, 3.63) is 111 Å². The number of benzene rings is 4. The van der Waals surface area contributed by atoms with Crippen LogP contribution in [-0.4, -0.2) is 44.1 Å². The summed E-state index contributed by atoms with van der Waals surface area (Å²) in [5.41, 5.74) is 5.75. The predicted molar refractivity (Wildman–Crippen MR) is 156 cm³/mol. The van der Waals surface area contributed by atoms with E-state index in [9.17, 15) is 25.1 Å². The lowest BCUT2D eigenvalue weighted by atomic mass is 9.97. The zero-order chi connectivity index (χ0) is 30.3. The molecule has 0 amide bonds. The molecule has 1 aromatic heterocycles. The maximum atomic E-state index is 12.1. The molecule has 0 aliphatic heterocycles. The van der Waals surface area contributed by atoms with Crippen LogP contribution in [-0.2, 0) is 24.6 Å². The van der Waals surface area contributed by atoms with E-state index >= 15 is 0 Å². The first-order valence-electron chi connectivity index (χ1n) is 13.3. The van der Waals surface area contributed by atoms with E-state index in [4.69, 9.17) is 14.1 Å². The monoisotopic (exact) mass is 584 g/mol. The van der Waals surface area contributed by atoms with E-state index in [0.717, 1.165) is 27.8 Å². The van der Waals surface area contributed by atoms with Crippen LogP contribution in [0.15, 0.2) is 83.5 Å². The molecule has 0 saturated carbocycles. The van der Waals surface area contributed by atoms with Gasteiger partial charge in [-0.1, -0.05) is 54.6 Å². The molecule has 3 N–H and O–H groups in total. The number of nitrogens with one attached hydrogen (secondary N) is 1. The van der Waals surface area contributed by atoms with Gasteiger partial charge in [0.2, 0.25) is 5.75 Å². The molecule has 0 unspecified atom stereocenters. The van der Waals surface area contributed by atoms with E-state index in [1.54, 1.807) is 18.2 Å². The van der Waals surface area contributed by atoms with Gasteiger partial charge < -0.3 is 19.7 Å². The van der Waals surface area contributed by atoms with E-state index in [-0.39, 0.29) is 36.9 Å². The fourth-order valence-corrected chi connectivity index (χ4v) is 4.59. The lowest BCUT2D eigenvalue weighted by Gasteiger charge is -2.17. The number of carboxylic acid groups (broad SMARTS) is 1. The molecular formula is C31H28N4O8. The third kappa shape index (κ3) is 6.77. The molecule has 5 aromatic rings. The standard InChI is InChI=1S/C31H28N4O8/c1-19-22(8-5-9-24(19)21-6-3-2-4-7-21)18-42-30-14-29(41-17-20-10-11-25-26(12-20)34-43-33-25)23(13-28(30)35(39)40)15-32-27(16-36)31(37)38/h2-14,27,32,36H,15-18H2,1H3,(H,37,38)/t27-/m1/s1. The Morgan fingerprint density at radius 1 is 0.953 bits per heavy atom. The Labute approximate surface area is 245 Å². The Morgan fingerprint density at radius 2 is 1.72 bits per heavy atom. The Balaban J connectivity index is 1.44. The molecule has 4 aromatic carbocycles. The SMILES string of the molecule is Cc1c(COc2cc(OCc3ccc4nonc4c3)c(CN[C@H](CO)C(=O)O)cc2[N+](=O)[O-])cccc1-c1ccccc1. The number of carboxylic acids is 1. The zero-order valence-corrected chi connectivity index (χ0v) is 23.1. The molecule has 0 saturated heterocycles. The summed E-state index contributed by atoms with van der Waals surface area (Å²) in [5.74, 6) is -1.04. The van der Waals surface area contributed by atoms with Crippen LogP contribution in [0.5, 0.6) is 11.5 Å². The van der Waals surface area contributed by atoms with Crippen LogP contribution >= 0.6 is 0 Å². The number of hydrogen-bond donors (Lipinski definition) is 3. The van der Waals surface area contributed by atoms with Crippen LogP contribution < -0.4 is 14.8 Å². The van der Waals surface area contributed by atoms with Crippen LogP contribution in [0.25, 0.3) is 22.2 Å². The first-order chi connectivity index (χ1) is 20.8. The third-order valence-electron chi connectivity index (χ3n) is 6.98. The molecule has 0 aliphatic rings. The van der Waals surface area contributed by atoms with Gasteiger partial charge in [-0.25, -0.2) is 4.63 Å². The number of fused-ring (bicyclic) bond motifs is 1. The number of aromatic nitrogens is 2. The maximum Gasteiger partial charge on any atom is 0.323 e. The Hall–Kier alpha value is -5.33. The zero-order valence-electron chi connectivity index (χ0n) is 23.1. The van der Waals surface area contributed by atoms with Crippen molar-refractivity contribution < 1.29 is 34.0 Å². The van der Waals surface area contributed by atoms with Crippen molar-refractivity contribution in [3.63, 3.8) is 0 Å². The first kappa shape index (κ1) is 29.2. The van der Waals surface area contributed by atoms with Gasteiger partial charge in [-0.2, -0.15) is 0 Å². The van der Waals surface area contributed by atoms with Gasteiger partial charge in [0.1, 0.15) is 36.0 Å². The van der Waals surface area contributed by atoms with E-state index in [1.165, 1.54) is 12.1 Å². The minimum absolute atomic E-state index is 0.0126. The number of nitro groups is 1. The van der Waals surface area contributed by atoms with E-state index in [0.29, 0.717) is 16.6 Å². The number of aliphatic carboxylic acids is 1. The molecule has 5 rings (SSSR count). The number of rotatable bonds is 13. The second-order valence-electron chi connectivity index (χ2n) is 9.76. The lowest BCUT2D eigenvalue weighted by Crippen LogP contribution is -2.39. The van der Waals surface area contributed by atoms with E-state index < -0.39 is 23.5 Å². The summed E-state index contributed by atoms with van der Waals surface area (Å²) in [4.78, 5) is 22.9. The van der Waals surface area contributed by atoms with Gasteiger partial charge in [-0.15, -0.1) is 0 Å². The molecule has 0 aliphatic carbocycles. The summed E-state index contributed by atoms with van der Waals surface area (Å²) < 4.78 is 16.8. The number of carbonyl (C=O) groups is 1. The molecule has 0 bridgehead atoms. The van der Waals surface area contributed by atoms with Crippen LogP contribution in [0.4, 0.5) is 5.69 Å². The summed E-state index contributed by atoms with van der Waals surface area (Å²) in [6.45, 7) is 1.31. The van der Waals surface area contributed by atoms with Gasteiger partial charge in [0.15, 0.2) is 0 Å². The summed E-state index contributed by atoms with van der Waals surface area (Å²) in [5, 5.41) is 41.1. The smallest absolute Gasteiger partial charge is 0.323 e. The van der Waals surface area contributed by atoms with Crippen LogP contribution in [0.3, 0.4) is 0 Å². The second kappa shape index (κ2) is 13.1. The van der Waals surface area contributed by atoms with Gasteiger partial charge in [0, 0.05) is 24.2 Å². The molecule has 220 valence electrons. The molecule has 0 spiro atoms. The van der Waals surface area contributed by atoms with Crippen LogP contribution in [0.2, 0.25) is 0 Å². The molecule has 43 heavy (non-hydrogen) atoms. The Bertz CT molecular complexity index is 1760. The van der Waals surface area contributed by atoms with Crippen molar-refractivity contribution in [3.8, 4) is 22.6 Å². The molecule has 12 nitrogen and oxygen atoms in total. The molecule has 0 fully saturated rings. The topological polar surface area (TPSA) is 170 Å². The van der Waals surface area contributed by atoms with Crippen LogP contribution in [0, 0.1) is 17.0 Å². The molecule has 1 heterocycles. The second-order valence-corrected chi connectivity index (χ2v) is 9.76. The van der Waals surface area contributed by atoms with Gasteiger partial charge in [-0.05, 0) is 57.2 Å². The van der Waals surface area contributed by atoms with Crippen molar-refractivity contribution in [2.45, 2.75) is 32.7 Å². The molecule has 1 atom stereocenters. The van der Waals surface area contributed by atoms with Gasteiger partial charge in [0.25, 0.3) is 0 Å². The number of aliphatic hydroxyl groups is 1. The lowest BCUT2D eigenvalue weighted by molar-refractivity contribution is -0.386. The van der Waals surface area contributed by atoms with Crippen molar-refractivity contribution in [1.82, 2.24) is 15.6 Å². The average molecular weight is 585 g/mol. The average Bonchev–Trinajstić information content (AvgIpc) is 3.48. The highest BCUT2D eigenvalue weighted by Gasteiger charge is 2.23. The molecular weight excluding hydrogens is 556 g/mol. The number of hydrogen-bond acceptors (Lipinski definition) is 10. The summed E-state index contributed by atoms with van der Waals surface area (Å²) in [6, 6.07) is 22.4. The van der Waals surface area contributed by atoms with Gasteiger partial charge in [-0.3, -0.25) is 20.2 Å². The maximum absolute atomic E-state index is 12.1. The third-order valence-corrected chi connectivity index (χ3v) is 6.98. The summed E-state index contributed by atoms with van der Waals surface area (Å²) in [7, 11) is 0. The number of aliphatic hydroxyl groups excluding tert-OH is 1. The predicted octanol–water partition coefficient (Wildman–Crippen LogP) is 4.80. The van der Waals surface area contributed by atoms with Crippen molar-refractivity contribution in [1.29, 1.82) is 0 Å². The van der Waals surface area contributed by atoms with Crippen molar-refractivity contribution in [2.75, 3.05) is 6.61 Å². The van der Waals surface area contributed by atoms with Crippen molar-refractivity contribution in [2.24, 2.45) is 0 Å². The number of nitrogens with zero attached hydrogens (tertiary/aromatic N) is 3. The largest absolute Gasteiger partial charge is 0.488 e. The number of ether oxygens (including phenoxy) is 2. The minimum Gasteiger partial charge on any atom is -0.488 e. The van der Waals surface area contributed by atoms with Crippen molar-refractivity contribution >= 4 is 22.7 Å². The van der Waals surface area contributed by atoms with Crippen LogP contribution in [0.1, 0.15) is 22.3 Å². The van der Waals surface area contributed by atoms with E-state index in [2.05, 4.69) is 15.6 Å². The minimum atomic E-state index is -1.27. The Kier molecular flexibility index (Phi) is 8.89. The quantitative estimate of drug-likeness (QED) is 0.128.